The largest absolute Gasteiger partial charge is 0.347 e. The van der Waals surface area contributed by atoms with Crippen LogP contribution in [0.1, 0.15) is 49.4 Å². The molecule has 0 spiro atoms. The molecule has 1 aliphatic rings. The van der Waals surface area contributed by atoms with Crippen molar-refractivity contribution in [3.63, 3.8) is 0 Å². The van der Waals surface area contributed by atoms with Crippen LogP contribution in [0, 0.1) is 0 Å². The van der Waals surface area contributed by atoms with Crippen molar-refractivity contribution in [3.8, 4) is 0 Å². The summed E-state index contributed by atoms with van der Waals surface area (Å²) in [4.78, 5) is 32.2. The van der Waals surface area contributed by atoms with Gasteiger partial charge in [-0.2, -0.15) is 0 Å². The van der Waals surface area contributed by atoms with E-state index in [-0.39, 0.29) is 17.9 Å². The van der Waals surface area contributed by atoms with Crippen LogP contribution in [-0.4, -0.2) is 46.9 Å². The number of nitrogens with zero attached hydrogens (tertiary/aromatic N) is 2. The van der Waals surface area contributed by atoms with Crippen LogP contribution in [0.5, 0.6) is 0 Å². The third-order valence-corrected chi connectivity index (χ3v) is 5.78. The van der Waals surface area contributed by atoms with Gasteiger partial charge in [0.2, 0.25) is 11.8 Å². The van der Waals surface area contributed by atoms with Gasteiger partial charge in [-0.05, 0) is 49.9 Å². The summed E-state index contributed by atoms with van der Waals surface area (Å²) in [6.45, 7) is 1.16. The van der Waals surface area contributed by atoms with Crippen LogP contribution in [0.2, 0.25) is 0 Å². The highest BCUT2D eigenvalue weighted by Gasteiger charge is 2.36. The van der Waals surface area contributed by atoms with Gasteiger partial charge in [0.05, 0.1) is 12.1 Å². The first-order valence-electron chi connectivity index (χ1n) is 11.1. The number of benzene rings is 1. The maximum absolute atomic E-state index is 13.2. The predicted octanol–water partition coefficient (Wildman–Crippen LogP) is 1.93. The lowest BCUT2D eigenvalue weighted by Crippen LogP contribution is -2.51. The molecule has 31 heavy (non-hydrogen) atoms. The average molecular weight is 424 g/mol. The lowest BCUT2D eigenvalue weighted by molar-refractivity contribution is -0.139. The van der Waals surface area contributed by atoms with E-state index in [0.29, 0.717) is 32.4 Å². The first-order chi connectivity index (χ1) is 15.1. The molecule has 1 fully saturated rings. The maximum Gasteiger partial charge on any atom is 0.243 e. The number of hydrogen-bond acceptors (Lipinski definition) is 5. The molecule has 3 atom stereocenters. The number of rotatable bonds is 10. The standard InChI is InChI=1S/C24H33N5O2/c25-14-6-4-12-20(26)24(31)29-16-8-13-22(29)23(30)28-21(18-9-2-1-3-10-18)17-19-11-5-7-15-27-19/h1-3,5,7,9-11,15,20-22H,4,6,8,12-14,16-17,25-26H2,(H,28,30)/t20?,21-,22?/m0/s1. The molecule has 3 rings (SSSR count). The van der Waals surface area contributed by atoms with Crippen LogP contribution in [-0.2, 0) is 16.0 Å². The molecule has 166 valence electrons. The number of amides is 2. The van der Waals surface area contributed by atoms with Crippen molar-refractivity contribution in [2.24, 2.45) is 11.5 Å². The number of nitrogens with one attached hydrogen (secondary N) is 1. The van der Waals surface area contributed by atoms with Crippen LogP contribution < -0.4 is 16.8 Å². The number of aromatic nitrogens is 1. The van der Waals surface area contributed by atoms with Crippen LogP contribution in [0.3, 0.4) is 0 Å². The van der Waals surface area contributed by atoms with Crippen LogP contribution in [0.25, 0.3) is 0 Å². The summed E-state index contributed by atoms with van der Waals surface area (Å²) in [6, 6.07) is 14.3. The lowest BCUT2D eigenvalue weighted by atomic mass is 10.0. The Morgan fingerprint density at radius 1 is 1.13 bits per heavy atom. The SMILES string of the molecule is NCCCCC(N)C(=O)N1CCCC1C(=O)N[C@@H](Cc1ccccn1)c1ccccc1. The van der Waals surface area contributed by atoms with E-state index in [9.17, 15) is 9.59 Å². The highest BCUT2D eigenvalue weighted by atomic mass is 16.2. The summed E-state index contributed by atoms with van der Waals surface area (Å²) in [5.41, 5.74) is 13.6. The number of unbranched alkanes of at least 4 members (excludes halogenated alkanes) is 1. The molecule has 0 aliphatic carbocycles. The second kappa shape index (κ2) is 11.6. The minimum atomic E-state index is -0.585. The molecular formula is C24H33N5O2. The lowest BCUT2D eigenvalue weighted by Gasteiger charge is -2.28. The van der Waals surface area contributed by atoms with E-state index in [1.54, 1.807) is 11.1 Å². The van der Waals surface area contributed by atoms with Crippen LogP contribution >= 0.6 is 0 Å². The zero-order valence-electron chi connectivity index (χ0n) is 18.0. The summed E-state index contributed by atoms with van der Waals surface area (Å²) in [5, 5.41) is 3.17. The molecule has 0 radical (unpaired) electrons. The summed E-state index contributed by atoms with van der Waals surface area (Å²) in [5.74, 6) is -0.277. The Kier molecular flexibility index (Phi) is 8.55. The minimum Gasteiger partial charge on any atom is -0.347 e. The molecule has 7 nitrogen and oxygen atoms in total. The fourth-order valence-electron chi connectivity index (χ4n) is 4.08. The molecule has 1 aromatic carbocycles. The fourth-order valence-corrected chi connectivity index (χ4v) is 4.08. The number of pyridine rings is 1. The first-order valence-corrected chi connectivity index (χ1v) is 11.1. The highest BCUT2D eigenvalue weighted by molar-refractivity contribution is 5.90. The van der Waals surface area contributed by atoms with Crippen molar-refractivity contribution < 1.29 is 9.59 Å². The second-order valence-corrected chi connectivity index (χ2v) is 8.08. The van der Waals surface area contributed by atoms with Gasteiger partial charge in [0.15, 0.2) is 0 Å². The summed E-state index contributed by atoms with van der Waals surface area (Å²) in [6.07, 6.45) is 6.03. The van der Waals surface area contributed by atoms with Crippen molar-refractivity contribution in [1.29, 1.82) is 0 Å². The molecular weight excluding hydrogens is 390 g/mol. The van der Waals surface area contributed by atoms with E-state index in [1.807, 2.05) is 48.5 Å². The van der Waals surface area contributed by atoms with Crippen molar-refractivity contribution in [1.82, 2.24) is 15.2 Å². The zero-order valence-corrected chi connectivity index (χ0v) is 18.0. The van der Waals surface area contributed by atoms with Crippen molar-refractivity contribution in [2.75, 3.05) is 13.1 Å². The molecule has 2 amide bonds. The quantitative estimate of drug-likeness (QED) is 0.505. The molecule has 2 unspecified atom stereocenters. The molecule has 5 N–H and O–H groups in total. The predicted molar refractivity (Wildman–Crippen MR) is 121 cm³/mol. The topological polar surface area (TPSA) is 114 Å². The van der Waals surface area contributed by atoms with Gasteiger partial charge in [0, 0.05) is 24.9 Å². The summed E-state index contributed by atoms with van der Waals surface area (Å²) >= 11 is 0. The van der Waals surface area contributed by atoms with E-state index >= 15 is 0 Å². The third-order valence-electron chi connectivity index (χ3n) is 5.78. The summed E-state index contributed by atoms with van der Waals surface area (Å²) < 4.78 is 0. The van der Waals surface area contributed by atoms with E-state index in [4.69, 9.17) is 11.5 Å². The van der Waals surface area contributed by atoms with Crippen LogP contribution in [0.4, 0.5) is 0 Å². The van der Waals surface area contributed by atoms with Gasteiger partial charge in [-0.3, -0.25) is 14.6 Å². The number of likely N-dealkylation sites (tertiary alicyclic amines) is 1. The molecule has 7 heteroatoms. The molecule has 2 aromatic rings. The van der Waals surface area contributed by atoms with Gasteiger partial charge < -0.3 is 21.7 Å². The Hall–Kier alpha value is -2.77. The van der Waals surface area contributed by atoms with Crippen molar-refractivity contribution in [3.05, 3.63) is 66.0 Å². The maximum atomic E-state index is 13.2. The Labute approximate surface area is 184 Å². The third kappa shape index (κ3) is 6.35. The van der Waals surface area contributed by atoms with Gasteiger partial charge in [-0.1, -0.05) is 42.8 Å². The highest BCUT2D eigenvalue weighted by Crippen LogP contribution is 2.22. The van der Waals surface area contributed by atoms with E-state index in [1.165, 1.54) is 0 Å². The second-order valence-electron chi connectivity index (χ2n) is 8.08. The molecule has 1 aliphatic heterocycles. The Balaban J connectivity index is 1.69. The monoisotopic (exact) mass is 423 g/mol. The fraction of sp³-hybridized carbons (Fsp3) is 0.458. The van der Waals surface area contributed by atoms with Crippen molar-refractivity contribution >= 4 is 11.8 Å². The first kappa shape index (κ1) is 22.9. The van der Waals surface area contributed by atoms with E-state index < -0.39 is 12.1 Å². The number of carbonyl (C=O) groups excluding carboxylic acids is 2. The van der Waals surface area contributed by atoms with E-state index in [2.05, 4.69) is 10.3 Å². The van der Waals surface area contributed by atoms with Gasteiger partial charge in [0.1, 0.15) is 6.04 Å². The van der Waals surface area contributed by atoms with E-state index in [0.717, 1.165) is 30.5 Å². The molecule has 0 saturated carbocycles. The Morgan fingerprint density at radius 3 is 2.61 bits per heavy atom. The van der Waals surface area contributed by atoms with Crippen molar-refractivity contribution in [2.45, 2.75) is 56.7 Å². The Bertz CT molecular complexity index is 830. The van der Waals surface area contributed by atoms with Gasteiger partial charge >= 0.3 is 0 Å². The average Bonchev–Trinajstić information content (AvgIpc) is 3.29. The molecule has 1 saturated heterocycles. The number of nitrogens with two attached hydrogens (primary N) is 2. The smallest absolute Gasteiger partial charge is 0.243 e. The number of hydrogen-bond donors (Lipinski definition) is 3. The molecule has 0 bridgehead atoms. The summed E-state index contributed by atoms with van der Waals surface area (Å²) in [7, 11) is 0. The number of carbonyl (C=O) groups is 2. The zero-order chi connectivity index (χ0) is 22.1. The van der Waals surface area contributed by atoms with Gasteiger partial charge in [-0.15, -0.1) is 0 Å². The molecule has 2 heterocycles. The van der Waals surface area contributed by atoms with Gasteiger partial charge in [-0.25, -0.2) is 0 Å². The van der Waals surface area contributed by atoms with Gasteiger partial charge in [0.25, 0.3) is 0 Å². The minimum absolute atomic E-state index is 0.134. The Morgan fingerprint density at radius 2 is 1.90 bits per heavy atom. The molecule has 1 aromatic heterocycles. The van der Waals surface area contributed by atoms with Crippen LogP contribution in [0.15, 0.2) is 54.7 Å². The normalized spacial score (nSPS) is 17.9.